The SMILES string of the molecule is COc1ccc(Br)c(C(=O)NCC(C)CN2CCCCC2)c1. The highest BCUT2D eigenvalue weighted by molar-refractivity contribution is 9.10. The lowest BCUT2D eigenvalue weighted by Crippen LogP contribution is -2.38. The Hall–Kier alpha value is -1.07. The van der Waals surface area contributed by atoms with Crippen LogP contribution in [0.4, 0.5) is 0 Å². The van der Waals surface area contributed by atoms with Crippen LogP contribution in [-0.2, 0) is 0 Å². The number of hydrogen-bond donors (Lipinski definition) is 1. The highest BCUT2D eigenvalue weighted by Gasteiger charge is 2.16. The van der Waals surface area contributed by atoms with Gasteiger partial charge in [-0.15, -0.1) is 0 Å². The predicted octanol–water partition coefficient (Wildman–Crippen LogP) is 3.31. The Kier molecular flexibility index (Phi) is 6.70. The molecule has 1 N–H and O–H groups in total. The van der Waals surface area contributed by atoms with Gasteiger partial charge in [0.15, 0.2) is 0 Å². The molecular weight excluding hydrogens is 344 g/mol. The first-order valence-electron chi connectivity index (χ1n) is 7.94. The lowest BCUT2D eigenvalue weighted by molar-refractivity contribution is 0.0941. The summed E-state index contributed by atoms with van der Waals surface area (Å²) in [5, 5.41) is 3.03. The number of halogens is 1. The summed E-state index contributed by atoms with van der Waals surface area (Å²) in [4.78, 5) is 14.8. The van der Waals surface area contributed by atoms with Crippen molar-refractivity contribution in [3.8, 4) is 5.75 Å². The minimum Gasteiger partial charge on any atom is -0.497 e. The fraction of sp³-hybridized carbons (Fsp3) is 0.588. The summed E-state index contributed by atoms with van der Waals surface area (Å²) in [6.07, 6.45) is 3.96. The van der Waals surface area contributed by atoms with E-state index in [4.69, 9.17) is 4.74 Å². The van der Waals surface area contributed by atoms with Crippen LogP contribution in [0, 0.1) is 5.92 Å². The van der Waals surface area contributed by atoms with Crippen molar-refractivity contribution < 1.29 is 9.53 Å². The second-order valence-electron chi connectivity index (χ2n) is 6.02. The normalized spacial score (nSPS) is 17.0. The molecular formula is C17H25BrN2O2. The van der Waals surface area contributed by atoms with Crippen LogP contribution in [0.5, 0.6) is 5.75 Å². The highest BCUT2D eigenvalue weighted by atomic mass is 79.9. The fourth-order valence-corrected chi connectivity index (χ4v) is 3.24. The zero-order chi connectivity index (χ0) is 15.9. The maximum absolute atomic E-state index is 12.3. The quantitative estimate of drug-likeness (QED) is 0.837. The van der Waals surface area contributed by atoms with Gasteiger partial charge < -0.3 is 15.0 Å². The van der Waals surface area contributed by atoms with Gasteiger partial charge in [0.2, 0.25) is 0 Å². The summed E-state index contributed by atoms with van der Waals surface area (Å²) >= 11 is 3.42. The summed E-state index contributed by atoms with van der Waals surface area (Å²) in [5.74, 6) is 1.08. The Bertz CT molecular complexity index is 501. The molecule has 0 aromatic heterocycles. The Morgan fingerprint density at radius 2 is 2.09 bits per heavy atom. The second-order valence-corrected chi connectivity index (χ2v) is 6.88. The minimum absolute atomic E-state index is 0.0590. The molecule has 2 rings (SSSR count). The smallest absolute Gasteiger partial charge is 0.252 e. The molecule has 1 fully saturated rings. The summed E-state index contributed by atoms with van der Waals surface area (Å²) < 4.78 is 5.97. The average Bonchev–Trinajstić information content (AvgIpc) is 2.54. The van der Waals surface area contributed by atoms with Gasteiger partial charge in [-0.05, 0) is 66.0 Å². The number of nitrogens with one attached hydrogen (secondary N) is 1. The van der Waals surface area contributed by atoms with Crippen LogP contribution in [0.25, 0.3) is 0 Å². The molecule has 1 aliphatic heterocycles. The van der Waals surface area contributed by atoms with Gasteiger partial charge in [0, 0.05) is 17.6 Å². The van der Waals surface area contributed by atoms with Gasteiger partial charge in [-0.3, -0.25) is 4.79 Å². The number of benzene rings is 1. The monoisotopic (exact) mass is 368 g/mol. The largest absolute Gasteiger partial charge is 0.497 e. The maximum Gasteiger partial charge on any atom is 0.252 e. The molecule has 22 heavy (non-hydrogen) atoms. The number of nitrogens with zero attached hydrogens (tertiary/aromatic N) is 1. The minimum atomic E-state index is -0.0590. The van der Waals surface area contributed by atoms with E-state index in [1.807, 2.05) is 12.1 Å². The van der Waals surface area contributed by atoms with Crippen molar-refractivity contribution in [3.05, 3.63) is 28.2 Å². The molecule has 0 radical (unpaired) electrons. The van der Waals surface area contributed by atoms with E-state index >= 15 is 0 Å². The van der Waals surface area contributed by atoms with Crippen molar-refractivity contribution in [1.82, 2.24) is 10.2 Å². The molecule has 5 heteroatoms. The van der Waals surface area contributed by atoms with Crippen LogP contribution >= 0.6 is 15.9 Å². The number of hydrogen-bond acceptors (Lipinski definition) is 3. The third-order valence-electron chi connectivity index (χ3n) is 4.05. The van der Waals surface area contributed by atoms with Gasteiger partial charge in [0.25, 0.3) is 5.91 Å². The molecule has 1 aromatic rings. The lowest BCUT2D eigenvalue weighted by Gasteiger charge is -2.29. The van der Waals surface area contributed by atoms with E-state index in [0.717, 1.165) is 11.0 Å². The number of ether oxygens (including phenoxy) is 1. The van der Waals surface area contributed by atoms with Gasteiger partial charge in [0.05, 0.1) is 12.7 Å². The topological polar surface area (TPSA) is 41.6 Å². The number of carbonyl (C=O) groups is 1. The molecule has 122 valence electrons. The molecule has 1 aliphatic rings. The van der Waals surface area contributed by atoms with Crippen LogP contribution in [0.3, 0.4) is 0 Å². The van der Waals surface area contributed by atoms with Crippen LogP contribution in [0.15, 0.2) is 22.7 Å². The van der Waals surface area contributed by atoms with Crippen molar-refractivity contribution in [1.29, 1.82) is 0 Å². The van der Waals surface area contributed by atoms with E-state index in [1.54, 1.807) is 13.2 Å². The predicted molar refractivity (Wildman–Crippen MR) is 92.5 cm³/mol. The lowest BCUT2D eigenvalue weighted by atomic mass is 10.1. The van der Waals surface area contributed by atoms with E-state index in [1.165, 1.54) is 32.4 Å². The van der Waals surface area contributed by atoms with Gasteiger partial charge >= 0.3 is 0 Å². The Balaban J connectivity index is 1.84. The number of methoxy groups -OCH3 is 1. The van der Waals surface area contributed by atoms with E-state index in [2.05, 4.69) is 33.1 Å². The number of piperidine rings is 1. The van der Waals surface area contributed by atoms with Gasteiger partial charge in [-0.1, -0.05) is 13.3 Å². The number of carbonyl (C=O) groups excluding carboxylic acids is 1. The van der Waals surface area contributed by atoms with Crippen LogP contribution in [0.1, 0.15) is 36.5 Å². The number of likely N-dealkylation sites (tertiary alicyclic amines) is 1. The first kappa shape index (κ1) is 17.3. The molecule has 1 amide bonds. The Labute approximate surface area is 141 Å². The summed E-state index contributed by atoms with van der Waals surface area (Å²) in [7, 11) is 1.60. The van der Waals surface area contributed by atoms with Crippen LogP contribution < -0.4 is 10.1 Å². The van der Waals surface area contributed by atoms with Crippen LogP contribution in [0.2, 0.25) is 0 Å². The molecule has 1 aromatic carbocycles. The van der Waals surface area contributed by atoms with Crippen molar-refractivity contribution in [2.24, 2.45) is 5.92 Å². The maximum atomic E-state index is 12.3. The molecule has 1 atom stereocenters. The molecule has 0 bridgehead atoms. The van der Waals surface area contributed by atoms with Gasteiger partial charge in [-0.2, -0.15) is 0 Å². The number of amides is 1. The first-order chi connectivity index (χ1) is 10.6. The second kappa shape index (κ2) is 8.53. The summed E-state index contributed by atoms with van der Waals surface area (Å²) in [6.45, 7) is 6.33. The molecule has 0 spiro atoms. The summed E-state index contributed by atoms with van der Waals surface area (Å²) in [6, 6.07) is 5.43. The molecule has 0 aliphatic carbocycles. The molecule has 1 saturated heterocycles. The average molecular weight is 369 g/mol. The van der Waals surface area contributed by atoms with E-state index in [-0.39, 0.29) is 5.91 Å². The zero-order valence-corrected chi connectivity index (χ0v) is 15.0. The van der Waals surface area contributed by atoms with E-state index in [9.17, 15) is 4.79 Å². The van der Waals surface area contributed by atoms with Gasteiger partial charge in [-0.25, -0.2) is 0 Å². The standard InChI is InChI=1S/C17H25BrN2O2/c1-13(12-20-8-4-3-5-9-20)11-19-17(21)15-10-14(22-2)6-7-16(15)18/h6-7,10,13H,3-5,8-9,11-12H2,1-2H3,(H,19,21). The van der Waals surface area contributed by atoms with Crippen molar-refractivity contribution in [3.63, 3.8) is 0 Å². The molecule has 0 saturated carbocycles. The zero-order valence-electron chi connectivity index (χ0n) is 13.4. The van der Waals surface area contributed by atoms with Crippen LogP contribution in [-0.4, -0.2) is 44.1 Å². The Morgan fingerprint density at radius 1 is 1.36 bits per heavy atom. The van der Waals surface area contributed by atoms with Crippen molar-refractivity contribution in [2.45, 2.75) is 26.2 Å². The highest BCUT2D eigenvalue weighted by Crippen LogP contribution is 2.22. The summed E-state index contributed by atoms with van der Waals surface area (Å²) in [5.41, 5.74) is 0.615. The van der Waals surface area contributed by atoms with E-state index < -0.39 is 0 Å². The third-order valence-corrected chi connectivity index (χ3v) is 4.74. The molecule has 1 unspecified atom stereocenters. The number of rotatable bonds is 6. The molecule has 1 heterocycles. The van der Waals surface area contributed by atoms with Crippen molar-refractivity contribution in [2.75, 3.05) is 33.3 Å². The van der Waals surface area contributed by atoms with E-state index in [0.29, 0.717) is 23.8 Å². The Morgan fingerprint density at radius 3 is 2.77 bits per heavy atom. The molecule has 4 nitrogen and oxygen atoms in total. The first-order valence-corrected chi connectivity index (χ1v) is 8.73. The fourth-order valence-electron chi connectivity index (χ4n) is 2.81. The van der Waals surface area contributed by atoms with Crippen molar-refractivity contribution >= 4 is 21.8 Å². The van der Waals surface area contributed by atoms with Gasteiger partial charge in [0.1, 0.15) is 5.75 Å². The third kappa shape index (κ3) is 4.99.